The Morgan fingerprint density at radius 3 is 2.80 bits per heavy atom. The lowest BCUT2D eigenvalue weighted by Gasteiger charge is -2.26. The van der Waals surface area contributed by atoms with E-state index in [1.165, 1.54) is 32.4 Å². The fourth-order valence-electron chi connectivity index (χ4n) is 2.51. The van der Waals surface area contributed by atoms with E-state index in [1.54, 1.807) is 18.2 Å². The summed E-state index contributed by atoms with van der Waals surface area (Å²) in [6, 6.07) is 5.12. The van der Waals surface area contributed by atoms with E-state index in [2.05, 4.69) is 10.2 Å². The van der Waals surface area contributed by atoms with Gasteiger partial charge in [-0.3, -0.25) is 4.79 Å². The third kappa shape index (κ3) is 4.12. The Hall–Kier alpha value is -1.26. The van der Waals surface area contributed by atoms with Crippen molar-refractivity contribution in [2.45, 2.75) is 25.7 Å². The second kappa shape index (κ2) is 7.50. The van der Waals surface area contributed by atoms with Crippen molar-refractivity contribution in [1.82, 2.24) is 10.2 Å². The molecule has 0 aromatic heterocycles. The van der Waals surface area contributed by atoms with E-state index in [0.717, 1.165) is 13.0 Å². The first kappa shape index (κ1) is 15.1. The van der Waals surface area contributed by atoms with Gasteiger partial charge < -0.3 is 16.0 Å². The minimum absolute atomic E-state index is 0.152. The zero-order chi connectivity index (χ0) is 14.4. The van der Waals surface area contributed by atoms with Gasteiger partial charge in [0.1, 0.15) is 0 Å². The minimum atomic E-state index is -0.152. The van der Waals surface area contributed by atoms with E-state index in [4.69, 9.17) is 17.3 Å². The average Bonchev–Trinajstić information content (AvgIpc) is 2.47. The maximum absolute atomic E-state index is 12.0. The SMILES string of the molecule is Nc1cccc(C(=O)NCCCN2CCCCC2)c1Cl. The highest BCUT2D eigenvalue weighted by Crippen LogP contribution is 2.22. The Morgan fingerprint density at radius 2 is 2.05 bits per heavy atom. The number of nitrogens with zero attached hydrogens (tertiary/aromatic N) is 1. The second-order valence-corrected chi connectivity index (χ2v) is 5.60. The molecule has 3 N–H and O–H groups in total. The molecule has 1 heterocycles. The molecule has 0 bridgehead atoms. The number of rotatable bonds is 5. The normalized spacial score (nSPS) is 16.1. The molecule has 5 heteroatoms. The number of halogens is 1. The number of nitrogens with one attached hydrogen (secondary N) is 1. The number of amides is 1. The van der Waals surface area contributed by atoms with Crippen molar-refractivity contribution in [2.24, 2.45) is 0 Å². The Balaban J connectivity index is 1.73. The Kier molecular flexibility index (Phi) is 5.68. The lowest BCUT2D eigenvalue weighted by molar-refractivity contribution is 0.0951. The lowest BCUT2D eigenvalue weighted by atomic mass is 10.1. The molecular formula is C15H22ClN3O. The molecule has 20 heavy (non-hydrogen) atoms. The zero-order valence-electron chi connectivity index (χ0n) is 11.7. The quantitative estimate of drug-likeness (QED) is 0.648. The molecule has 1 saturated heterocycles. The van der Waals surface area contributed by atoms with E-state index in [9.17, 15) is 4.79 Å². The summed E-state index contributed by atoms with van der Waals surface area (Å²) in [6.45, 7) is 4.09. The van der Waals surface area contributed by atoms with Gasteiger partial charge in [-0.1, -0.05) is 24.1 Å². The van der Waals surface area contributed by atoms with Crippen molar-refractivity contribution >= 4 is 23.2 Å². The first-order chi connectivity index (χ1) is 9.68. The smallest absolute Gasteiger partial charge is 0.252 e. The summed E-state index contributed by atoms with van der Waals surface area (Å²) in [7, 11) is 0. The second-order valence-electron chi connectivity index (χ2n) is 5.22. The van der Waals surface area contributed by atoms with Gasteiger partial charge in [-0.2, -0.15) is 0 Å². The topological polar surface area (TPSA) is 58.4 Å². The summed E-state index contributed by atoms with van der Waals surface area (Å²) in [4.78, 5) is 14.5. The average molecular weight is 296 g/mol. The van der Waals surface area contributed by atoms with Gasteiger partial charge >= 0.3 is 0 Å². The highest BCUT2D eigenvalue weighted by atomic mass is 35.5. The largest absolute Gasteiger partial charge is 0.398 e. The monoisotopic (exact) mass is 295 g/mol. The van der Waals surface area contributed by atoms with E-state index in [-0.39, 0.29) is 5.91 Å². The van der Waals surface area contributed by atoms with Crippen molar-refractivity contribution in [2.75, 3.05) is 31.9 Å². The predicted molar refractivity (Wildman–Crippen MR) is 83.1 cm³/mol. The number of carbonyl (C=O) groups is 1. The summed E-state index contributed by atoms with van der Waals surface area (Å²) < 4.78 is 0. The molecule has 1 aromatic rings. The summed E-state index contributed by atoms with van der Waals surface area (Å²) in [6.07, 6.45) is 4.91. The van der Waals surface area contributed by atoms with Gasteiger partial charge in [0.2, 0.25) is 0 Å². The number of hydrogen-bond acceptors (Lipinski definition) is 3. The Morgan fingerprint density at radius 1 is 1.30 bits per heavy atom. The highest BCUT2D eigenvalue weighted by molar-refractivity contribution is 6.36. The molecule has 110 valence electrons. The van der Waals surface area contributed by atoms with Crippen molar-refractivity contribution < 1.29 is 4.79 Å². The van der Waals surface area contributed by atoms with Gasteiger partial charge in [-0.15, -0.1) is 0 Å². The van der Waals surface area contributed by atoms with Crippen LogP contribution in [0.3, 0.4) is 0 Å². The molecule has 0 aliphatic carbocycles. The molecule has 1 amide bonds. The molecule has 0 spiro atoms. The first-order valence-electron chi connectivity index (χ1n) is 7.23. The molecule has 1 aliphatic rings. The molecule has 0 radical (unpaired) electrons. The number of piperidine rings is 1. The number of benzene rings is 1. The first-order valence-corrected chi connectivity index (χ1v) is 7.61. The number of nitrogen functional groups attached to an aromatic ring is 1. The third-order valence-corrected chi connectivity index (χ3v) is 4.08. The summed E-state index contributed by atoms with van der Waals surface area (Å²) >= 11 is 6.03. The van der Waals surface area contributed by atoms with E-state index >= 15 is 0 Å². The number of nitrogens with two attached hydrogens (primary N) is 1. The molecule has 1 aromatic carbocycles. The standard InChI is InChI=1S/C15H22ClN3O/c16-14-12(6-4-7-13(14)17)15(20)18-8-5-11-19-9-2-1-3-10-19/h4,6-7H,1-3,5,8-11,17H2,(H,18,20). The van der Waals surface area contributed by atoms with Crippen LogP contribution in [0.4, 0.5) is 5.69 Å². The number of anilines is 1. The molecule has 0 unspecified atom stereocenters. The summed E-state index contributed by atoms with van der Waals surface area (Å²) in [5, 5.41) is 3.24. The van der Waals surface area contributed by atoms with E-state index in [0.29, 0.717) is 22.8 Å². The van der Waals surface area contributed by atoms with Crippen LogP contribution in [0.1, 0.15) is 36.0 Å². The van der Waals surface area contributed by atoms with Crippen molar-refractivity contribution in [3.8, 4) is 0 Å². The number of carbonyl (C=O) groups excluding carboxylic acids is 1. The fraction of sp³-hybridized carbons (Fsp3) is 0.533. The summed E-state index contributed by atoms with van der Waals surface area (Å²) in [5.74, 6) is -0.152. The summed E-state index contributed by atoms with van der Waals surface area (Å²) in [5.41, 5.74) is 6.58. The van der Waals surface area contributed by atoms with Gasteiger partial charge in [-0.25, -0.2) is 0 Å². The van der Waals surface area contributed by atoms with E-state index in [1.807, 2.05) is 0 Å². The molecule has 1 aliphatic heterocycles. The fourth-order valence-corrected chi connectivity index (χ4v) is 2.72. The molecular weight excluding hydrogens is 274 g/mol. The molecule has 2 rings (SSSR count). The van der Waals surface area contributed by atoms with Gasteiger partial charge in [-0.05, 0) is 51.0 Å². The maximum Gasteiger partial charge on any atom is 0.252 e. The number of hydrogen-bond donors (Lipinski definition) is 2. The molecule has 1 fully saturated rings. The third-order valence-electron chi connectivity index (χ3n) is 3.66. The van der Waals surface area contributed by atoms with Crippen LogP contribution in [-0.2, 0) is 0 Å². The van der Waals surface area contributed by atoms with Gasteiger partial charge in [0.25, 0.3) is 5.91 Å². The van der Waals surface area contributed by atoms with Gasteiger partial charge in [0.05, 0.1) is 16.3 Å². The maximum atomic E-state index is 12.0. The van der Waals surface area contributed by atoms with Gasteiger partial charge in [0, 0.05) is 6.54 Å². The zero-order valence-corrected chi connectivity index (χ0v) is 12.5. The molecule has 0 saturated carbocycles. The predicted octanol–water partition coefficient (Wildman–Crippen LogP) is 2.53. The Bertz CT molecular complexity index is 458. The molecule has 0 atom stereocenters. The highest BCUT2D eigenvalue weighted by Gasteiger charge is 2.12. The minimum Gasteiger partial charge on any atom is -0.398 e. The van der Waals surface area contributed by atoms with Crippen LogP contribution >= 0.6 is 11.6 Å². The molecule has 4 nitrogen and oxygen atoms in total. The van der Waals surface area contributed by atoms with Crippen LogP contribution in [-0.4, -0.2) is 37.0 Å². The van der Waals surface area contributed by atoms with Crippen LogP contribution in [0, 0.1) is 0 Å². The van der Waals surface area contributed by atoms with Crippen LogP contribution in [0.15, 0.2) is 18.2 Å². The van der Waals surface area contributed by atoms with Crippen LogP contribution in [0.25, 0.3) is 0 Å². The van der Waals surface area contributed by atoms with E-state index < -0.39 is 0 Å². The van der Waals surface area contributed by atoms with Crippen LogP contribution in [0.2, 0.25) is 5.02 Å². The lowest BCUT2D eigenvalue weighted by Crippen LogP contribution is -2.33. The Labute approximate surface area is 125 Å². The van der Waals surface area contributed by atoms with Crippen LogP contribution < -0.4 is 11.1 Å². The van der Waals surface area contributed by atoms with Crippen LogP contribution in [0.5, 0.6) is 0 Å². The van der Waals surface area contributed by atoms with Crippen molar-refractivity contribution in [3.63, 3.8) is 0 Å². The van der Waals surface area contributed by atoms with Crippen molar-refractivity contribution in [3.05, 3.63) is 28.8 Å². The number of likely N-dealkylation sites (tertiary alicyclic amines) is 1. The van der Waals surface area contributed by atoms with Gasteiger partial charge in [0.15, 0.2) is 0 Å². The van der Waals surface area contributed by atoms with Crippen molar-refractivity contribution in [1.29, 1.82) is 0 Å².